The van der Waals surface area contributed by atoms with E-state index in [-0.39, 0.29) is 0 Å². The van der Waals surface area contributed by atoms with Crippen LogP contribution in [-0.2, 0) is 4.79 Å². The normalized spacial score (nSPS) is 18.5. The number of carboxylic acids is 1. The van der Waals surface area contributed by atoms with Crippen LogP contribution in [0.1, 0.15) is 32.1 Å². The third kappa shape index (κ3) is 3.08. The molecule has 1 fully saturated rings. The Bertz CT molecular complexity index is 191. The summed E-state index contributed by atoms with van der Waals surface area (Å²) in [5.74, 6) is 4.30. The van der Waals surface area contributed by atoms with E-state index >= 15 is 0 Å². The molecule has 1 N–H and O–H groups in total. The molecule has 0 aromatic rings. The average Bonchev–Trinajstić information content (AvgIpc) is 2.03. The molecule has 0 unspecified atom stereocenters. The van der Waals surface area contributed by atoms with Crippen molar-refractivity contribution in [1.29, 1.82) is 0 Å². The predicted molar refractivity (Wildman–Crippen MR) is 42.0 cm³/mol. The molecule has 0 saturated heterocycles. The van der Waals surface area contributed by atoms with Crippen molar-refractivity contribution in [3.8, 4) is 11.8 Å². The number of hydrogen-bond donors (Lipinski definition) is 1. The van der Waals surface area contributed by atoms with Crippen molar-refractivity contribution in [3.63, 3.8) is 0 Å². The fourth-order valence-electron chi connectivity index (χ4n) is 1.41. The highest BCUT2D eigenvalue weighted by Gasteiger charge is 2.09. The number of carboxylic acid groups (broad SMARTS) is 1. The van der Waals surface area contributed by atoms with Gasteiger partial charge in [0, 0.05) is 11.8 Å². The molecule has 0 spiro atoms. The van der Waals surface area contributed by atoms with Crippen molar-refractivity contribution in [2.75, 3.05) is 0 Å². The molecule has 0 bridgehead atoms. The van der Waals surface area contributed by atoms with Crippen LogP contribution in [0.4, 0.5) is 0 Å². The number of carbonyl (C=O) groups is 1. The van der Waals surface area contributed by atoms with Crippen LogP contribution in [-0.4, -0.2) is 11.1 Å². The molecule has 0 aromatic carbocycles. The monoisotopic (exact) mass is 152 g/mol. The van der Waals surface area contributed by atoms with Crippen LogP contribution >= 0.6 is 0 Å². The van der Waals surface area contributed by atoms with Crippen LogP contribution in [0.2, 0.25) is 0 Å². The van der Waals surface area contributed by atoms with E-state index in [1.54, 1.807) is 0 Å². The molecular formula is C9H12O2. The van der Waals surface area contributed by atoms with E-state index in [0.29, 0.717) is 5.92 Å². The maximum atomic E-state index is 10.1. The lowest BCUT2D eigenvalue weighted by Gasteiger charge is -2.15. The Labute approximate surface area is 66.6 Å². The van der Waals surface area contributed by atoms with Gasteiger partial charge in [-0.25, -0.2) is 4.79 Å². The van der Waals surface area contributed by atoms with Crippen molar-refractivity contribution in [3.05, 3.63) is 0 Å². The van der Waals surface area contributed by atoms with E-state index in [0.717, 1.165) is 12.8 Å². The maximum absolute atomic E-state index is 10.1. The molecule has 1 aliphatic carbocycles. The van der Waals surface area contributed by atoms with Gasteiger partial charge in [-0.1, -0.05) is 25.2 Å². The molecule has 1 saturated carbocycles. The smallest absolute Gasteiger partial charge is 0.381 e. The maximum Gasteiger partial charge on any atom is 0.381 e. The van der Waals surface area contributed by atoms with Crippen LogP contribution in [0.15, 0.2) is 0 Å². The first-order valence-electron chi connectivity index (χ1n) is 4.03. The van der Waals surface area contributed by atoms with Crippen LogP contribution < -0.4 is 0 Å². The molecule has 11 heavy (non-hydrogen) atoms. The molecule has 1 aliphatic rings. The zero-order valence-electron chi connectivity index (χ0n) is 6.47. The van der Waals surface area contributed by atoms with E-state index in [9.17, 15) is 4.79 Å². The summed E-state index contributed by atoms with van der Waals surface area (Å²) < 4.78 is 0. The van der Waals surface area contributed by atoms with E-state index in [2.05, 4.69) is 11.8 Å². The van der Waals surface area contributed by atoms with Crippen molar-refractivity contribution in [2.45, 2.75) is 32.1 Å². The number of hydrogen-bond acceptors (Lipinski definition) is 1. The number of aliphatic carboxylic acids is 1. The summed E-state index contributed by atoms with van der Waals surface area (Å²) in [5, 5.41) is 8.27. The van der Waals surface area contributed by atoms with E-state index in [4.69, 9.17) is 5.11 Å². The minimum absolute atomic E-state index is 0.347. The van der Waals surface area contributed by atoms with Gasteiger partial charge in [-0.3, -0.25) is 0 Å². The molecule has 2 nitrogen and oxygen atoms in total. The summed E-state index contributed by atoms with van der Waals surface area (Å²) in [5.41, 5.74) is 0. The minimum atomic E-state index is -1.00. The molecule has 0 atom stereocenters. The molecule has 0 aliphatic heterocycles. The Hall–Kier alpha value is -0.970. The first kappa shape index (κ1) is 8.13. The Morgan fingerprint density at radius 2 is 1.91 bits per heavy atom. The summed E-state index contributed by atoms with van der Waals surface area (Å²) >= 11 is 0. The van der Waals surface area contributed by atoms with E-state index < -0.39 is 5.97 Å². The molecule has 0 radical (unpaired) electrons. The van der Waals surface area contributed by atoms with Gasteiger partial charge in [-0.2, -0.15) is 0 Å². The minimum Gasteiger partial charge on any atom is -0.472 e. The first-order chi connectivity index (χ1) is 5.29. The van der Waals surface area contributed by atoms with Gasteiger partial charge in [0.05, 0.1) is 0 Å². The predicted octanol–water partition coefficient (Wildman–Crippen LogP) is 1.65. The van der Waals surface area contributed by atoms with E-state index in [1.165, 1.54) is 19.3 Å². The van der Waals surface area contributed by atoms with Gasteiger partial charge in [-0.15, -0.1) is 0 Å². The van der Waals surface area contributed by atoms with Crippen molar-refractivity contribution in [2.24, 2.45) is 5.92 Å². The number of rotatable bonds is 0. The highest BCUT2D eigenvalue weighted by molar-refractivity contribution is 5.86. The third-order valence-electron chi connectivity index (χ3n) is 1.99. The van der Waals surface area contributed by atoms with Gasteiger partial charge in [-0.05, 0) is 12.8 Å². The molecule has 1 rings (SSSR count). The first-order valence-corrected chi connectivity index (χ1v) is 4.03. The summed E-state index contributed by atoms with van der Waals surface area (Å²) in [6.45, 7) is 0. The Morgan fingerprint density at radius 3 is 2.45 bits per heavy atom. The molecular weight excluding hydrogens is 140 g/mol. The van der Waals surface area contributed by atoms with Gasteiger partial charge in [0.25, 0.3) is 0 Å². The average molecular weight is 152 g/mol. The highest BCUT2D eigenvalue weighted by atomic mass is 16.4. The third-order valence-corrected chi connectivity index (χ3v) is 1.99. The van der Waals surface area contributed by atoms with Crippen molar-refractivity contribution < 1.29 is 9.90 Å². The SMILES string of the molecule is O=C(O)C#CC1CCCCC1. The second-order valence-electron chi connectivity index (χ2n) is 2.91. The van der Waals surface area contributed by atoms with Crippen molar-refractivity contribution >= 4 is 5.97 Å². The van der Waals surface area contributed by atoms with Gasteiger partial charge < -0.3 is 5.11 Å². The van der Waals surface area contributed by atoms with Crippen LogP contribution in [0.25, 0.3) is 0 Å². The lowest BCUT2D eigenvalue weighted by Crippen LogP contribution is -2.03. The van der Waals surface area contributed by atoms with E-state index in [1.807, 2.05) is 0 Å². The Balaban J connectivity index is 2.36. The second kappa shape index (κ2) is 4.02. The summed E-state index contributed by atoms with van der Waals surface area (Å²) in [4.78, 5) is 10.1. The molecule has 2 heteroatoms. The molecule has 0 aromatic heterocycles. The van der Waals surface area contributed by atoms with Gasteiger partial charge >= 0.3 is 5.97 Å². The zero-order valence-corrected chi connectivity index (χ0v) is 6.47. The molecule has 0 amide bonds. The van der Waals surface area contributed by atoms with Crippen LogP contribution in [0.3, 0.4) is 0 Å². The van der Waals surface area contributed by atoms with Gasteiger partial charge in [0.1, 0.15) is 0 Å². The van der Waals surface area contributed by atoms with Crippen LogP contribution in [0, 0.1) is 17.8 Å². The standard InChI is InChI=1S/C9H12O2/c10-9(11)7-6-8-4-2-1-3-5-8/h8H,1-5H2,(H,10,11). The topological polar surface area (TPSA) is 37.3 Å². The van der Waals surface area contributed by atoms with Crippen molar-refractivity contribution in [1.82, 2.24) is 0 Å². The quantitative estimate of drug-likeness (QED) is 0.536. The fraction of sp³-hybridized carbons (Fsp3) is 0.667. The lowest BCUT2D eigenvalue weighted by molar-refractivity contribution is -0.130. The summed E-state index contributed by atoms with van der Waals surface area (Å²) in [7, 11) is 0. The molecule has 60 valence electrons. The summed E-state index contributed by atoms with van der Waals surface area (Å²) in [6.07, 6.45) is 5.86. The Kier molecular flexibility index (Phi) is 2.97. The lowest BCUT2D eigenvalue weighted by atomic mass is 9.90. The zero-order chi connectivity index (χ0) is 8.10. The van der Waals surface area contributed by atoms with Gasteiger partial charge in [0.15, 0.2) is 0 Å². The Morgan fingerprint density at radius 1 is 1.27 bits per heavy atom. The van der Waals surface area contributed by atoms with Gasteiger partial charge in [0.2, 0.25) is 0 Å². The largest absolute Gasteiger partial charge is 0.472 e. The van der Waals surface area contributed by atoms with Crippen LogP contribution in [0.5, 0.6) is 0 Å². The fourth-order valence-corrected chi connectivity index (χ4v) is 1.41. The molecule has 0 heterocycles. The highest BCUT2D eigenvalue weighted by Crippen LogP contribution is 2.22. The second-order valence-corrected chi connectivity index (χ2v) is 2.91. The summed E-state index contributed by atoms with van der Waals surface area (Å²) in [6, 6.07) is 0.